The minimum Gasteiger partial charge on any atom is -0.399 e. The molecule has 160 valence electrons. The fourth-order valence-electron chi connectivity index (χ4n) is 3.26. The number of anilines is 1. The van der Waals surface area contributed by atoms with Crippen LogP contribution in [0, 0.1) is 11.7 Å². The summed E-state index contributed by atoms with van der Waals surface area (Å²) in [6.45, 7) is 6.40. The number of thioether (sulfide) groups is 1. The second-order valence-corrected chi connectivity index (χ2v) is 15.4. The highest BCUT2D eigenvalue weighted by Crippen LogP contribution is 2.58. The molecule has 0 unspecified atom stereocenters. The van der Waals surface area contributed by atoms with Crippen molar-refractivity contribution in [3.8, 4) is 0 Å². The van der Waals surface area contributed by atoms with Gasteiger partial charge in [0.05, 0.1) is 0 Å². The van der Waals surface area contributed by atoms with Gasteiger partial charge in [-0.3, -0.25) is 5.32 Å². The summed E-state index contributed by atoms with van der Waals surface area (Å²) in [7, 11) is -1.20. The van der Waals surface area contributed by atoms with Crippen molar-refractivity contribution in [3.63, 3.8) is 0 Å². The summed E-state index contributed by atoms with van der Waals surface area (Å²) in [5, 5.41) is 2.56. The third-order valence-corrected chi connectivity index (χ3v) is 7.95. The number of rotatable bonds is 7. The molecule has 29 heavy (non-hydrogen) atoms. The number of nitrogens with two attached hydrogens (primary N) is 1. The summed E-state index contributed by atoms with van der Waals surface area (Å²) in [5.74, 6) is -0.730. The summed E-state index contributed by atoms with van der Waals surface area (Å²) in [5.41, 5.74) is 4.79. The molecule has 0 aromatic heterocycles. The van der Waals surface area contributed by atoms with E-state index in [4.69, 9.17) is 15.2 Å². The lowest BCUT2D eigenvalue weighted by molar-refractivity contribution is 0.120. The third-order valence-electron chi connectivity index (χ3n) is 5.04. The molecule has 1 fully saturated rings. The number of hydrogen-bond donors (Lipinski definition) is 2. The fraction of sp³-hybridized carbons (Fsp3) is 0.579. The molecule has 6 nitrogen and oxygen atoms in total. The maximum atomic E-state index is 14.5. The molecule has 1 amide bonds. The molecule has 1 aromatic carbocycles. The summed E-state index contributed by atoms with van der Waals surface area (Å²) in [6, 6.07) is 5.03. The maximum Gasteiger partial charge on any atom is 0.416 e. The van der Waals surface area contributed by atoms with Crippen LogP contribution in [0.2, 0.25) is 25.7 Å². The molecule has 10 heteroatoms. The Balaban J connectivity index is 1.65. The van der Waals surface area contributed by atoms with E-state index < -0.39 is 32.2 Å². The van der Waals surface area contributed by atoms with Gasteiger partial charge < -0.3 is 15.2 Å². The first-order valence-electron chi connectivity index (χ1n) is 9.56. The predicted octanol–water partition coefficient (Wildman–Crippen LogP) is 4.10. The Hall–Kier alpha value is -1.65. The molecule has 0 spiro atoms. The van der Waals surface area contributed by atoms with Crippen LogP contribution in [-0.4, -0.2) is 44.7 Å². The van der Waals surface area contributed by atoms with Gasteiger partial charge in [-0.05, 0) is 30.7 Å². The number of nitrogens with one attached hydrogen (secondary N) is 1. The van der Waals surface area contributed by atoms with E-state index in [1.165, 1.54) is 30.0 Å². The molecule has 2 aliphatic rings. The molecule has 1 aliphatic heterocycles. The van der Waals surface area contributed by atoms with Crippen LogP contribution in [-0.2, 0) is 15.0 Å². The summed E-state index contributed by atoms with van der Waals surface area (Å²) in [4.78, 5) is 16.4. The second-order valence-electron chi connectivity index (χ2n) is 8.60. The zero-order valence-corrected chi connectivity index (χ0v) is 18.7. The van der Waals surface area contributed by atoms with Gasteiger partial charge in [-0.25, -0.2) is 18.6 Å². The van der Waals surface area contributed by atoms with E-state index in [1.54, 1.807) is 0 Å². The van der Waals surface area contributed by atoms with E-state index in [0.717, 1.165) is 6.04 Å². The average Bonchev–Trinajstić information content (AvgIpc) is 3.41. The fourth-order valence-corrected chi connectivity index (χ4v) is 5.31. The molecule has 1 aromatic rings. The normalized spacial score (nSPS) is 25.8. The van der Waals surface area contributed by atoms with Crippen LogP contribution in [0.5, 0.6) is 0 Å². The van der Waals surface area contributed by atoms with Crippen molar-refractivity contribution in [1.29, 1.82) is 0 Å². The van der Waals surface area contributed by atoms with Gasteiger partial charge >= 0.3 is 6.09 Å². The molecule has 1 heterocycles. The topological polar surface area (TPSA) is 85.9 Å². The Kier molecular flexibility index (Phi) is 6.54. The molecular weight excluding hydrogens is 416 g/mol. The van der Waals surface area contributed by atoms with Gasteiger partial charge in [-0.15, -0.1) is 0 Å². The van der Waals surface area contributed by atoms with Crippen LogP contribution in [0.15, 0.2) is 23.2 Å². The smallest absolute Gasteiger partial charge is 0.399 e. The van der Waals surface area contributed by atoms with Gasteiger partial charge in [0.15, 0.2) is 0 Å². The van der Waals surface area contributed by atoms with Gasteiger partial charge in [-0.2, -0.15) is 0 Å². The van der Waals surface area contributed by atoms with Crippen molar-refractivity contribution in [2.75, 3.05) is 25.7 Å². The SMILES string of the molecule is C[Si](C)(C)CCOCNC(=O)OC1=N[C@](CF)(c2cc(N)ccc2F)[C@@H]2C[C@@H]2S1. The number of fused-ring (bicyclic) bond motifs is 1. The van der Waals surface area contributed by atoms with Crippen LogP contribution in [0.1, 0.15) is 12.0 Å². The standard InChI is InChI=1S/C19H27F2N3O3SSi/c1-29(2,3)7-6-26-11-23-17(25)27-18-24-19(10-20,14-9-16(14)28-18)13-8-12(22)4-5-15(13)21/h4-5,8,14,16H,6-7,9-11,22H2,1-3H3,(H,23,25)/t14-,16+,19-/m1/s1. The highest BCUT2D eigenvalue weighted by molar-refractivity contribution is 8.14. The Morgan fingerprint density at radius 3 is 2.90 bits per heavy atom. The van der Waals surface area contributed by atoms with Gasteiger partial charge in [0.2, 0.25) is 0 Å². The maximum absolute atomic E-state index is 14.5. The van der Waals surface area contributed by atoms with E-state index in [1.807, 2.05) is 0 Å². The zero-order valence-electron chi connectivity index (χ0n) is 16.8. The number of carbonyl (C=O) groups is 1. The van der Waals surface area contributed by atoms with E-state index in [2.05, 4.69) is 30.0 Å². The lowest BCUT2D eigenvalue weighted by Gasteiger charge is -2.31. The van der Waals surface area contributed by atoms with Crippen LogP contribution < -0.4 is 11.1 Å². The van der Waals surface area contributed by atoms with Crippen molar-refractivity contribution >= 4 is 36.8 Å². The number of amides is 1. The minimum atomic E-state index is -1.42. The monoisotopic (exact) mass is 443 g/mol. The van der Waals surface area contributed by atoms with Crippen molar-refractivity contribution in [1.82, 2.24) is 5.32 Å². The predicted molar refractivity (Wildman–Crippen MR) is 114 cm³/mol. The number of nitrogen functional groups attached to an aromatic ring is 1. The molecular formula is C19H27F2N3O3SSi. The number of alkyl halides is 1. The van der Waals surface area contributed by atoms with Crippen LogP contribution in [0.25, 0.3) is 0 Å². The largest absolute Gasteiger partial charge is 0.416 e. The minimum absolute atomic E-state index is 0.0193. The molecule has 0 saturated heterocycles. The van der Waals surface area contributed by atoms with E-state index in [9.17, 15) is 13.6 Å². The first-order valence-corrected chi connectivity index (χ1v) is 14.1. The molecule has 3 rings (SSSR count). The van der Waals surface area contributed by atoms with E-state index >= 15 is 0 Å². The molecule has 3 N–H and O–H groups in total. The number of nitrogens with zero attached hydrogens (tertiary/aromatic N) is 1. The van der Waals surface area contributed by atoms with Gasteiger partial charge in [0.1, 0.15) is 24.8 Å². The molecule has 0 bridgehead atoms. The van der Waals surface area contributed by atoms with Gasteiger partial charge in [0.25, 0.3) is 5.23 Å². The number of ether oxygens (including phenoxy) is 2. The number of aliphatic imine (C=N–C) groups is 1. The van der Waals surface area contributed by atoms with E-state index in [-0.39, 0.29) is 28.7 Å². The Bertz CT molecular complexity index is 805. The van der Waals surface area contributed by atoms with Crippen LogP contribution in [0.4, 0.5) is 19.3 Å². The van der Waals surface area contributed by atoms with Crippen molar-refractivity contribution in [3.05, 3.63) is 29.6 Å². The Morgan fingerprint density at radius 1 is 1.45 bits per heavy atom. The average molecular weight is 444 g/mol. The van der Waals surface area contributed by atoms with Crippen molar-refractivity contribution in [2.24, 2.45) is 10.9 Å². The van der Waals surface area contributed by atoms with Gasteiger partial charge in [0, 0.05) is 37.1 Å². The Morgan fingerprint density at radius 2 is 2.21 bits per heavy atom. The molecule has 1 saturated carbocycles. The zero-order chi connectivity index (χ0) is 21.2. The summed E-state index contributed by atoms with van der Waals surface area (Å²) >= 11 is 1.27. The van der Waals surface area contributed by atoms with Crippen molar-refractivity contribution in [2.45, 2.75) is 42.9 Å². The lowest BCUT2D eigenvalue weighted by atomic mass is 9.86. The second kappa shape index (κ2) is 8.61. The first kappa shape index (κ1) is 22.0. The lowest BCUT2D eigenvalue weighted by Crippen LogP contribution is -2.37. The first-order chi connectivity index (χ1) is 13.6. The van der Waals surface area contributed by atoms with Crippen LogP contribution >= 0.6 is 11.8 Å². The number of benzene rings is 1. The van der Waals surface area contributed by atoms with Gasteiger partial charge in [-0.1, -0.05) is 31.4 Å². The molecule has 1 aliphatic carbocycles. The number of halogens is 2. The highest BCUT2D eigenvalue weighted by atomic mass is 32.2. The number of carbonyl (C=O) groups excluding carboxylic acids is 1. The van der Waals surface area contributed by atoms with E-state index in [0.29, 0.717) is 18.7 Å². The summed E-state index contributed by atoms with van der Waals surface area (Å²) in [6.07, 6.45) is -0.0650. The highest BCUT2D eigenvalue weighted by Gasteiger charge is 2.59. The molecule has 3 atom stereocenters. The quantitative estimate of drug-likeness (QED) is 0.287. The molecule has 0 radical (unpaired) electrons. The Labute approximate surface area is 174 Å². The number of hydrogen-bond acceptors (Lipinski definition) is 6. The van der Waals surface area contributed by atoms with Crippen molar-refractivity contribution < 1.29 is 23.0 Å². The van der Waals surface area contributed by atoms with Crippen LogP contribution in [0.3, 0.4) is 0 Å². The number of alkyl carbamates (subject to hydrolysis) is 1. The third kappa shape index (κ3) is 5.29. The summed E-state index contributed by atoms with van der Waals surface area (Å²) < 4.78 is 39.3.